The summed E-state index contributed by atoms with van der Waals surface area (Å²) < 4.78 is 32.3. The van der Waals surface area contributed by atoms with Crippen molar-refractivity contribution in [3.63, 3.8) is 0 Å². The molecule has 0 aliphatic rings. The fourth-order valence-corrected chi connectivity index (χ4v) is 2.16. The Labute approximate surface area is 136 Å². The van der Waals surface area contributed by atoms with E-state index in [1.54, 1.807) is 0 Å². The van der Waals surface area contributed by atoms with Gasteiger partial charge in [-0.05, 0) is 18.6 Å². The monoisotopic (exact) mass is 338 g/mol. The molecule has 2 N–H and O–H groups in total. The van der Waals surface area contributed by atoms with Crippen LogP contribution in [0.4, 0.5) is 8.78 Å². The van der Waals surface area contributed by atoms with Crippen LogP contribution in [0.1, 0.15) is 30.3 Å². The molecule has 0 bridgehead atoms. The average molecular weight is 338 g/mol. The molecular weight excluding hydrogens is 322 g/mol. The molecule has 0 radical (unpaired) electrons. The van der Waals surface area contributed by atoms with Gasteiger partial charge in [0.05, 0.1) is 5.92 Å². The predicted molar refractivity (Wildman–Crippen MR) is 80.2 cm³/mol. The van der Waals surface area contributed by atoms with Crippen molar-refractivity contribution >= 4 is 11.9 Å². The van der Waals surface area contributed by atoms with E-state index in [4.69, 9.17) is 9.52 Å². The second kappa shape index (κ2) is 7.67. The van der Waals surface area contributed by atoms with E-state index in [0.29, 0.717) is 12.8 Å². The van der Waals surface area contributed by atoms with Crippen molar-refractivity contribution in [2.45, 2.75) is 19.8 Å². The summed E-state index contributed by atoms with van der Waals surface area (Å²) in [5.41, 5.74) is -0.653. The summed E-state index contributed by atoms with van der Waals surface area (Å²) >= 11 is 0. The van der Waals surface area contributed by atoms with Crippen LogP contribution in [0.25, 0.3) is 11.5 Å². The Hall–Kier alpha value is -2.77. The van der Waals surface area contributed by atoms with Crippen molar-refractivity contribution in [3.05, 3.63) is 41.8 Å². The van der Waals surface area contributed by atoms with Crippen LogP contribution in [0.3, 0.4) is 0 Å². The van der Waals surface area contributed by atoms with E-state index in [1.807, 2.05) is 6.92 Å². The fourth-order valence-electron chi connectivity index (χ4n) is 2.16. The van der Waals surface area contributed by atoms with Gasteiger partial charge in [-0.25, -0.2) is 13.8 Å². The highest BCUT2D eigenvalue weighted by atomic mass is 19.1. The number of carboxylic acids is 1. The fraction of sp³-hybridized carbons (Fsp3) is 0.312. The zero-order chi connectivity index (χ0) is 17.7. The number of amides is 1. The summed E-state index contributed by atoms with van der Waals surface area (Å²) in [5, 5.41) is 11.5. The maximum atomic E-state index is 13.7. The molecule has 24 heavy (non-hydrogen) atoms. The summed E-state index contributed by atoms with van der Waals surface area (Å²) in [7, 11) is 0. The molecule has 0 spiro atoms. The second-order valence-corrected chi connectivity index (χ2v) is 5.17. The SMILES string of the molecule is CCCC(CNC(=O)c1coc(-c2c(F)cccc2F)n1)C(=O)O. The van der Waals surface area contributed by atoms with Crippen molar-refractivity contribution in [1.29, 1.82) is 0 Å². The number of carbonyl (C=O) groups is 2. The van der Waals surface area contributed by atoms with Gasteiger partial charge in [0, 0.05) is 6.54 Å². The maximum absolute atomic E-state index is 13.7. The van der Waals surface area contributed by atoms with E-state index in [9.17, 15) is 18.4 Å². The van der Waals surface area contributed by atoms with E-state index in [2.05, 4.69) is 10.3 Å². The van der Waals surface area contributed by atoms with E-state index in [-0.39, 0.29) is 18.1 Å². The standard InChI is InChI=1S/C16H16F2N2O4/c1-2-4-9(16(22)23)7-19-14(21)12-8-24-15(20-12)13-10(17)5-3-6-11(13)18/h3,5-6,8-9H,2,4,7H2,1H3,(H,19,21)(H,22,23). The van der Waals surface area contributed by atoms with Crippen LogP contribution in [-0.4, -0.2) is 28.5 Å². The van der Waals surface area contributed by atoms with Gasteiger partial charge in [0.2, 0.25) is 5.89 Å². The Morgan fingerprint density at radius 2 is 2.00 bits per heavy atom. The van der Waals surface area contributed by atoms with Crippen molar-refractivity contribution in [1.82, 2.24) is 10.3 Å². The molecule has 1 aromatic heterocycles. The number of rotatable bonds is 7. The molecule has 1 atom stereocenters. The molecule has 0 saturated carbocycles. The number of aromatic nitrogens is 1. The summed E-state index contributed by atoms with van der Waals surface area (Å²) in [4.78, 5) is 26.8. The van der Waals surface area contributed by atoms with Gasteiger partial charge in [-0.3, -0.25) is 9.59 Å². The molecule has 2 aromatic rings. The number of hydrogen-bond acceptors (Lipinski definition) is 4. The molecule has 0 saturated heterocycles. The van der Waals surface area contributed by atoms with Crippen LogP contribution in [0.15, 0.2) is 28.9 Å². The summed E-state index contributed by atoms with van der Waals surface area (Å²) in [5.74, 6) is -4.49. The molecule has 1 aromatic carbocycles. The molecule has 0 aliphatic heterocycles. The lowest BCUT2D eigenvalue weighted by atomic mass is 10.0. The van der Waals surface area contributed by atoms with E-state index in [1.165, 1.54) is 6.07 Å². The Morgan fingerprint density at radius 1 is 1.33 bits per heavy atom. The largest absolute Gasteiger partial charge is 0.481 e. The van der Waals surface area contributed by atoms with Crippen LogP contribution < -0.4 is 5.32 Å². The van der Waals surface area contributed by atoms with Crippen molar-refractivity contribution in [2.24, 2.45) is 5.92 Å². The third-order valence-corrected chi connectivity index (χ3v) is 3.41. The molecule has 6 nitrogen and oxygen atoms in total. The minimum atomic E-state index is -1.01. The van der Waals surface area contributed by atoms with Crippen LogP contribution in [0.5, 0.6) is 0 Å². The number of hydrogen-bond donors (Lipinski definition) is 2. The van der Waals surface area contributed by atoms with E-state index in [0.717, 1.165) is 18.4 Å². The molecule has 2 rings (SSSR count). The molecule has 128 valence electrons. The minimum Gasteiger partial charge on any atom is -0.481 e. The number of benzene rings is 1. The highest BCUT2D eigenvalue weighted by molar-refractivity contribution is 5.92. The highest BCUT2D eigenvalue weighted by Crippen LogP contribution is 2.25. The summed E-state index contributed by atoms with van der Waals surface area (Å²) in [6.07, 6.45) is 2.04. The number of aliphatic carboxylic acids is 1. The first kappa shape index (κ1) is 17.6. The maximum Gasteiger partial charge on any atom is 0.308 e. The molecule has 1 unspecified atom stereocenters. The average Bonchev–Trinajstić information content (AvgIpc) is 3.00. The number of carboxylic acid groups (broad SMARTS) is 1. The molecule has 0 aliphatic carbocycles. The van der Waals surface area contributed by atoms with Crippen LogP contribution >= 0.6 is 0 Å². The van der Waals surface area contributed by atoms with Gasteiger partial charge in [-0.15, -0.1) is 0 Å². The summed E-state index contributed by atoms with van der Waals surface area (Å²) in [6, 6.07) is 3.29. The van der Waals surface area contributed by atoms with E-state index >= 15 is 0 Å². The molecule has 1 heterocycles. The molecule has 1 amide bonds. The lowest BCUT2D eigenvalue weighted by molar-refractivity contribution is -0.141. The van der Waals surface area contributed by atoms with Crippen molar-refractivity contribution in [2.75, 3.05) is 6.54 Å². The number of halogens is 2. The van der Waals surface area contributed by atoms with Crippen molar-refractivity contribution in [3.8, 4) is 11.5 Å². The number of nitrogens with one attached hydrogen (secondary N) is 1. The zero-order valence-corrected chi connectivity index (χ0v) is 12.9. The number of carbonyl (C=O) groups excluding carboxylic acids is 1. The summed E-state index contributed by atoms with van der Waals surface area (Å²) in [6.45, 7) is 1.77. The van der Waals surface area contributed by atoms with Gasteiger partial charge >= 0.3 is 5.97 Å². The van der Waals surface area contributed by atoms with Gasteiger partial charge in [-0.2, -0.15) is 0 Å². The van der Waals surface area contributed by atoms with Gasteiger partial charge in [0.25, 0.3) is 5.91 Å². The third kappa shape index (κ3) is 3.95. The Morgan fingerprint density at radius 3 is 2.58 bits per heavy atom. The lowest BCUT2D eigenvalue weighted by Crippen LogP contribution is -2.33. The molecule has 0 fully saturated rings. The third-order valence-electron chi connectivity index (χ3n) is 3.41. The minimum absolute atomic E-state index is 0.0712. The van der Waals surface area contributed by atoms with Gasteiger partial charge < -0.3 is 14.8 Å². The first-order valence-corrected chi connectivity index (χ1v) is 7.35. The first-order chi connectivity index (χ1) is 11.4. The van der Waals surface area contributed by atoms with Crippen LogP contribution in [-0.2, 0) is 4.79 Å². The Kier molecular flexibility index (Phi) is 5.62. The van der Waals surface area contributed by atoms with Gasteiger partial charge in [-0.1, -0.05) is 19.4 Å². The van der Waals surface area contributed by atoms with Crippen LogP contribution in [0, 0.1) is 17.6 Å². The van der Waals surface area contributed by atoms with E-state index < -0.39 is 35.0 Å². The predicted octanol–water partition coefficient (Wildman–Crippen LogP) is 2.85. The second-order valence-electron chi connectivity index (χ2n) is 5.17. The van der Waals surface area contributed by atoms with Crippen molar-refractivity contribution < 1.29 is 27.9 Å². The smallest absolute Gasteiger partial charge is 0.308 e. The number of nitrogens with zero attached hydrogens (tertiary/aromatic N) is 1. The highest BCUT2D eigenvalue weighted by Gasteiger charge is 2.21. The lowest BCUT2D eigenvalue weighted by Gasteiger charge is -2.11. The molecule has 8 heteroatoms. The Bertz CT molecular complexity index is 725. The number of oxazole rings is 1. The molecular formula is C16H16F2N2O4. The zero-order valence-electron chi connectivity index (χ0n) is 12.9. The van der Waals surface area contributed by atoms with Gasteiger partial charge in [0.1, 0.15) is 23.5 Å². The Balaban J connectivity index is 2.10. The topological polar surface area (TPSA) is 92.4 Å². The normalized spacial score (nSPS) is 12.0. The van der Waals surface area contributed by atoms with Gasteiger partial charge in [0.15, 0.2) is 5.69 Å². The van der Waals surface area contributed by atoms with Crippen LogP contribution in [0.2, 0.25) is 0 Å². The quantitative estimate of drug-likeness (QED) is 0.810. The first-order valence-electron chi connectivity index (χ1n) is 7.35.